The highest BCUT2D eigenvalue weighted by Crippen LogP contribution is 2.19. The number of imidazole rings is 1. The Morgan fingerprint density at radius 2 is 1.94 bits per heavy atom. The second kappa shape index (κ2) is 10.8. The van der Waals surface area contributed by atoms with Crippen molar-refractivity contribution in [2.24, 2.45) is 10.9 Å². The summed E-state index contributed by atoms with van der Waals surface area (Å²) in [7, 11) is 0. The van der Waals surface area contributed by atoms with Gasteiger partial charge >= 0.3 is 0 Å². The van der Waals surface area contributed by atoms with Crippen LogP contribution in [-0.4, -0.2) is 47.1 Å². The predicted octanol–water partition coefficient (Wildman–Crippen LogP) is 4.08. The van der Waals surface area contributed by atoms with E-state index in [0.29, 0.717) is 19.1 Å². The molecule has 0 amide bonds. The number of aromatic amines is 1. The number of guanidine groups is 1. The number of ether oxygens (including phenoxy) is 1. The van der Waals surface area contributed by atoms with Crippen LogP contribution in [0, 0.1) is 5.92 Å². The van der Waals surface area contributed by atoms with Crippen molar-refractivity contribution >= 4 is 5.96 Å². The molecule has 1 aliphatic rings. The number of aliphatic imine (C=N–C) groups is 1. The standard InChI is InChI=1S/C25H31N5O/c1-2-26-25(28-16-24-27-15-23(29-24)22-11-7-4-8-12-22)30-14-13-21(17-30)19-31-18-20-9-5-3-6-10-20/h3-12,15,21H,2,13-14,16-19H2,1H3,(H,26,28)(H,27,29). The monoisotopic (exact) mass is 417 g/mol. The van der Waals surface area contributed by atoms with Crippen molar-refractivity contribution in [3.8, 4) is 11.3 Å². The Balaban J connectivity index is 1.30. The van der Waals surface area contributed by atoms with Crippen LogP contribution in [0.1, 0.15) is 24.7 Å². The number of likely N-dealkylation sites (tertiary alicyclic amines) is 1. The smallest absolute Gasteiger partial charge is 0.194 e. The number of aromatic nitrogens is 2. The zero-order valence-electron chi connectivity index (χ0n) is 18.1. The van der Waals surface area contributed by atoms with Crippen LogP contribution in [0.3, 0.4) is 0 Å². The highest BCUT2D eigenvalue weighted by atomic mass is 16.5. The van der Waals surface area contributed by atoms with Gasteiger partial charge < -0.3 is 19.9 Å². The van der Waals surface area contributed by atoms with Gasteiger partial charge in [-0.3, -0.25) is 0 Å². The van der Waals surface area contributed by atoms with Gasteiger partial charge in [0.25, 0.3) is 0 Å². The molecule has 0 aliphatic carbocycles. The Hall–Kier alpha value is -3.12. The molecule has 2 aromatic carbocycles. The van der Waals surface area contributed by atoms with Gasteiger partial charge in [0.05, 0.1) is 25.1 Å². The first-order chi connectivity index (χ1) is 15.3. The highest BCUT2D eigenvalue weighted by molar-refractivity contribution is 5.80. The van der Waals surface area contributed by atoms with Crippen LogP contribution in [0.4, 0.5) is 0 Å². The molecule has 1 unspecified atom stereocenters. The molecule has 31 heavy (non-hydrogen) atoms. The summed E-state index contributed by atoms with van der Waals surface area (Å²) >= 11 is 0. The third-order valence-corrected chi connectivity index (χ3v) is 5.48. The van der Waals surface area contributed by atoms with E-state index in [-0.39, 0.29) is 0 Å². The fraction of sp³-hybridized carbons (Fsp3) is 0.360. The van der Waals surface area contributed by atoms with Crippen molar-refractivity contribution in [2.75, 3.05) is 26.2 Å². The van der Waals surface area contributed by atoms with Crippen LogP contribution in [-0.2, 0) is 17.9 Å². The largest absolute Gasteiger partial charge is 0.376 e. The van der Waals surface area contributed by atoms with Crippen molar-refractivity contribution in [3.63, 3.8) is 0 Å². The molecule has 2 N–H and O–H groups in total. The zero-order valence-corrected chi connectivity index (χ0v) is 18.1. The minimum atomic E-state index is 0.529. The van der Waals surface area contributed by atoms with Gasteiger partial charge in [0.1, 0.15) is 12.4 Å². The van der Waals surface area contributed by atoms with E-state index in [9.17, 15) is 0 Å². The maximum atomic E-state index is 5.96. The fourth-order valence-corrected chi connectivity index (χ4v) is 3.86. The van der Waals surface area contributed by atoms with Crippen molar-refractivity contribution in [1.29, 1.82) is 0 Å². The second-order valence-corrected chi connectivity index (χ2v) is 7.88. The van der Waals surface area contributed by atoms with Crippen molar-refractivity contribution in [2.45, 2.75) is 26.5 Å². The number of H-pyrrole nitrogens is 1. The van der Waals surface area contributed by atoms with E-state index in [1.165, 1.54) is 5.56 Å². The summed E-state index contributed by atoms with van der Waals surface area (Å²) in [5.74, 6) is 2.35. The van der Waals surface area contributed by atoms with Gasteiger partial charge in [0, 0.05) is 25.6 Å². The van der Waals surface area contributed by atoms with Crippen LogP contribution in [0.25, 0.3) is 11.3 Å². The SMILES string of the molecule is CCNC(=NCc1ncc(-c2ccccc2)[nH]1)N1CCC(COCc2ccccc2)C1. The number of hydrogen-bond acceptors (Lipinski definition) is 3. The number of nitrogens with zero attached hydrogens (tertiary/aromatic N) is 3. The maximum absolute atomic E-state index is 5.96. The molecular formula is C25H31N5O. The first-order valence-corrected chi connectivity index (χ1v) is 11.1. The lowest BCUT2D eigenvalue weighted by Crippen LogP contribution is -2.40. The number of benzene rings is 2. The van der Waals surface area contributed by atoms with Crippen LogP contribution in [0.5, 0.6) is 0 Å². The molecule has 0 bridgehead atoms. The minimum Gasteiger partial charge on any atom is -0.376 e. The Labute approximate surface area is 184 Å². The van der Waals surface area contributed by atoms with Crippen LogP contribution in [0.15, 0.2) is 71.9 Å². The molecule has 6 nitrogen and oxygen atoms in total. The molecule has 6 heteroatoms. The molecule has 0 radical (unpaired) electrons. The van der Waals surface area contributed by atoms with Crippen molar-refractivity contribution in [3.05, 3.63) is 78.2 Å². The average molecular weight is 418 g/mol. The van der Waals surface area contributed by atoms with Crippen molar-refractivity contribution in [1.82, 2.24) is 20.2 Å². The summed E-state index contributed by atoms with van der Waals surface area (Å²) in [5.41, 5.74) is 3.38. The van der Waals surface area contributed by atoms with Gasteiger partial charge in [-0.05, 0) is 24.5 Å². The van der Waals surface area contributed by atoms with Gasteiger partial charge in [0.2, 0.25) is 0 Å². The predicted molar refractivity (Wildman–Crippen MR) is 125 cm³/mol. The van der Waals surface area contributed by atoms with E-state index in [0.717, 1.165) is 55.7 Å². The van der Waals surface area contributed by atoms with Gasteiger partial charge in [-0.1, -0.05) is 60.7 Å². The molecular weight excluding hydrogens is 386 g/mol. The number of nitrogens with one attached hydrogen (secondary N) is 2. The molecule has 4 rings (SSSR count). The Morgan fingerprint density at radius 1 is 1.16 bits per heavy atom. The van der Waals surface area contributed by atoms with E-state index >= 15 is 0 Å². The Morgan fingerprint density at radius 3 is 2.71 bits per heavy atom. The third kappa shape index (κ3) is 5.95. The summed E-state index contributed by atoms with van der Waals surface area (Å²) in [6.07, 6.45) is 3.00. The molecule has 1 atom stereocenters. The third-order valence-electron chi connectivity index (χ3n) is 5.48. The van der Waals surface area contributed by atoms with Crippen LogP contribution < -0.4 is 5.32 Å². The maximum Gasteiger partial charge on any atom is 0.194 e. The number of rotatable bonds is 8. The second-order valence-electron chi connectivity index (χ2n) is 7.88. The van der Waals surface area contributed by atoms with E-state index in [2.05, 4.69) is 63.5 Å². The summed E-state index contributed by atoms with van der Waals surface area (Å²) in [6, 6.07) is 20.6. The van der Waals surface area contributed by atoms with Gasteiger partial charge in [-0.15, -0.1) is 0 Å². The first-order valence-electron chi connectivity index (χ1n) is 11.1. The quantitative estimate of drug-likeness (QED) is 0.428. The molecule has 2 heterocycles. The van der Waals surface area contributed by atoms with Gasteiger partial charge in [0.15, 0.2) is 5.96 Å². The molecule has 1 aromatic heterocycles. The normalized spacial score (nSPS) is 16.6. The fourth-order valence-electron chi connectivity index (χ4n) is 3.86. The number of hydrogen-bond donors (Lipinski definition) is 2. The Kier molecular flexibility index (Phi) is 7.34. The van der Waals surface area contributed by atoms with Crippen LogP contribution >= 0.6 is 0 Å². The summed E-state index contributed by atoms with van der Waals surface area (Å²) < 4.78 is 5.96. The molecule has 1 aliphatic heterocycles. The summed E-state index contributed by atoms with van der Waals surface area (Å²) in [4.78, 5) is 15.1. The average Bonchev–Trinajstić information content (AvgIpc) is 3.48. The van der Waals surface area contributed by atoms with Crippen molar-refractivity contribution < 1.29 is 4.74 Å². The lowest BCUT2D eigenvalue weighted by Gasteiger charge is -2.21. The lowest BCUT2D eigenvalue weighted by atomic mass is 10.1. The lowest BCUT2D eigenvalue weighted by molar-refractivity contribution is 0.0906. The highest BCUT2D eigenvalue weighted by Gasteiger charge is 2.25. The zero-order chi connectivity index (χ0) is 21.3. The molecule has 0 saturated carbocycles. The molecule has 1 fully saturated rings. The van der Waals surface area contributed by atoms with E-state index in [1.54, 1.807) is 0 Å². The van der Waals surface area contributed by atoms with E-state index in [1.807, 2.05) is 30.5 Å². The van der Waals surface area contributed by atoms with E-state index < -0.39 is 0 Å². The van der Waals surface area contributed by atoms with Gasteiger partial charge in [-0.2, -0.15) is 0 Å². The van der Waals surface area contributed by atoms with E-state index in [4.69, 9.17) is 9.73 Å². The molecule has 162 valence electrons. The minimum absolute atomic E-state index is 0.529. The molecule has 0 spiro atoms. The van der Waals surface area contributed by atoms with Gasteiger partial charge in [-0.25, -0.2) is 9.98 Å². The summed E-state index contributed by atoms with van der Waals surface area (Å²) in [5, 5.41) is 3.43. The van der Waals surface area contributed by atoms with Crippen LogP contribution in [0.2, 0.25) is 0 Å². The molecule has 1 saturated heterocycles. The summed E-state index contributed by atoms with van der Waals surface area (Å²) in [6.45, 7) is 6.90. The Bertz CT molecular complexity index is 954. The first kappa shape index (κ1) is 21.1. The topological polar surface area (TPSA) is 65.5 Å². The molecule has 3 aromatic rings.